The van der Waals surface area contributed by atoms with Crippen LogP contribution in [-0.2, 0) is 13.6 Å². The summed E-state index contributed by atoms with van der Waals surface area (Å²) in [6.07, 6.45) is 1.92. The predicted molar refractivity (Wildman–Crippen MR) is 108 cm³/mol. The van der Waals surface area contributed by atoms with Gasteiger partial charge >= 0.3 is 0 Å². The maximum Gasteiger partial charge on any atom is 0.289 e. The lowest BCUT2D eigenvalue weighted by Crippen LogP contribution is -2.34. The van der Waals surface area contributed by atoms with E-state index in [1.54, 1.807) is 4.68 Å². The molecule has 0 unspecified atom stereocenters. The summed E-state index contributed by atoms with van der Waals surface area (Å²) in [6, 6.07) is 8.07. The molecular formula is C19H22N6OS. The van der Waals surface area contributed by atoms with Crippen molar-refractivity contribution in [2.45, 2.75) is 13.5 Å². The molecule has 3 aromatic rings. The van der Waals surface area contributed by atoms with E-state index in [2.05, 4.69) is 31.3 Å². The Morgan fingerprint density at radius 3 is 2.85 bits per heavy atom. The van der Waals surface area contributed by atoms with Crippen LogP contribution in [0.15, 0.2) is 30.5 Å². The molecular weight excluding hydrogens is 360 g/mol. The quantitative estimate of drug-likeness (QED) is 0.745. The standard InChI is InChI=1S/C19H22N6OS/c1-13-4-3-5-14(10-13)11-20-19(26)17-21-16-15(12-24(2)23-16)18(22-17)25-6-8-27-9-7-25/h3-5,10,12H,6-9,11H2,1-2H3,(H,20,26). The third-order valence-electron chi connectivity index (χ3n) is 4.52. The van der Waals surface area contributed by atoms with Crippen LogP contribution in [0.25, 0.3) is 11.0 Å². The Bertz CT molecular complexity index is 979. The van der Waals surface area contributed by atoms with E-state index < -0.39 is 0 Å². The fourth-order valence-corrected chi connectivity index (χ4v) is 4.11. The highest BCUT2D eigenvalue weighted by molar-refractivity contribution is 7.99. The van der Waals surface area contributed by atoms with Crippen molar-refractivity contribution in [3.05, 3.63) is 47.4 Å². The van der Waals surface area contributed by atoms with Gasteiger partial charge in [0, 0.05) is 44.4 Å². The second-order valence-electron chi connectivity index (χ2n) is 6.68. The summed E-state index contributed by atoms with van der Waals surface area (Å²) in [6.45, 7) is 4.30. The topological polar surface area (TPSA) is 75.9 Å². The molecule has 2 aromatic heterocycles. The molecule has 1 aliphatic rings. The third-order valence-corrected chi connectivity index (χ3v) is 5.47. The number of anilines is 1. The molecule has 0 aliphatic carbocycles. The molecule has 7 nitrogen and oxygen atoms in total. The highest BCUT2D eigenvalue weighted by atomic mass is 32.2. The largest absolute Gasteiger partial charge is 0.354 e. The Labute approximate surface area is 162 Å². The first-order valence-electron chi connectivity index (χ1n) is 8.98. The average Bonchev–Trinajstić information content (AvgIpc) is 3.06. The van der Waals surface area contributed by atoms with E-state index in [0.717, 1.165) is 46.9 Å². The van der Waals surface area contributed by atoms with Crippen molar-refractivity contribution >= 4 is 34.5 Å². The van der Waals surface area contributed by atoms with Crippen LogP contribution in [-0.4, -0.2) is 50.3 Å². The number of hydrogen-bond acceptors (Lipinski definition) is 6. The van der Waals surface area contributed by atoms with Crippen LogP contribution in [0.3, 0.4) is 0 Å². The zero-order chi connectivity index (χ0) is 18.8. The molecule has 1 N–H and O–H groups in total. The number of fused-ring (bicyclic) bond motifs is 1. The van der Waals surface area contributed by atoms with Gasteiger partial charge in [0.1, 0.15) is 5.82 Å². The summed E-state index contributed by atoms with van der Waals surface area (Å²) in [5.74, 6) is 2.80. The molecule has 0 atom stereocenters. The lowest BCUT2D eigenvalue weighted by Gasteiger charge is -2.27. The molecule has 27 heavy (non-hydrogen) atoms. The van der Waals surface area contributed by atoms with Gasteiger partial charge in [-0.3, -0.25) is 9.48 Å². The van der Waals surface area contributed by atoms with Gasteiger partial charge in [-0.15, -0.1) is 0 Å². The number of carbonyl (C=O) groups excluding carboxylic acids is 1. The lowest BCUT2D eigenvalue weighted by atomic mass is 10.1. The zero-order valence-electron chi connectivity index (χ0n) is 15.5. The van der Waals surface area contributed by atoms with Crippen molar-refractivity contribution in [1.29, 1.82) is 0 Å². The number of aromatic nitrogens is 4. The maximum atomic E-state index is 12.7. The summed E-state index contributed by atoms with van der Waals surface area (Å²) in [7, 11) is 1.86. The van der Waals surface area contributed by atoms with E-state index in [1.165, 1.54) is 0 Å². The normalized spacial score (nSPS) is 14.5. The Hall–Kier alpha value is -2.61. The Balaban J connectivity index is 1.61. The molecule has 1 aromatic carbocycles. The first kappa shape index (κ1) is 17.8. The van der Waals surface area contributed by atoms with E-state index in [4.69, 9.17) is 0 Å². The number of benzene rings is 1. The van der Waals surface area contributed by atoms with Gasteiger partial charge in [-0.1, -0.05) is 29.8 Å². The maximum absolute atomic E-state index is 12.7. The van der Waals surface area contributed by atoms with Gasteiger partial charge in [0.15, 0.2) is 5.65 Å². The molecule has 1 amide bonds. The van der Waals surface area contributed by atoms with Crippen LogP contribution in [0, 0.1) is 6.92 Å². The minimum atomic E-state index is -0.281. The molecule has 1 aliphatic heterocycles. The number of carbonyl (C=O) groups is 1. The highest BCUT2D eigenvalue weighted by Crippen LogP contribution is 2.25. The van der Waals surface area contributed by atoms with E-state index in [-0.39, 0.29) is 11.7 Å². The van der Waals surface area contributed by atoms with Crippen molar-refractivity contribution in [2.75, 3.05) is 29.5 Å². The summed E-state index contributed by atoms with van der Waals surface area (Å²) in [5.41, 5.74) is 2.77. The van der Waals surface area contributed by atoms with Gasteiger partial charge in [-0.05, 0) is 12.5 Å². The minimum Gasteiger partial charge on any atom is -0.354 e. The lowest BCUT2D eigenvalue weighted by molar-refractivity contribution is 0.0941. The highest BCUT2D eigenvalue weighted by Gasteiger charge is 2.21. The summed E-state index contributed by atoms with van der Waals surface area (Å²) in [4.78, 5) is 23.9. The second-order valence-corrected chi connectivity index (χ2v) is 7.91. The van der Waals surface area contributed by atoms with Crippen molar-refractivity contribution in [1.82, 2.24) is 25.1 Å². The Morgan fingerprint density at radius 1 is 1.26 bits per heavy atom. The molecule has 0 radical (unpaired) electrons. The number of rotatable bonds is 4. The molecule has 3 heterocycles. The van der Waals surface area contributed by atoms with Gasteiger partial charge in [0.25, 0.3) is 5.91 Å². The number of thioether (sulfide) groups is 1. The molecule has 8 heteroatoms. The van der Waals surface area contributed by atoms with E-state index in [1.807, 2.05) is 50.1 Å². The first-order valence-corrected chi connectivity index (χ1v) is 10.1. The molecule has 4 rings (SSSR count). The van der Waals surface area contributed by atoms with Crippen LogP contribution >= 0.6 is 11.8 Å². The molecule has 0 spiro atoms. The molecule has 0 saturated carbocycles. The van der Waals surface area contributed by atoms with Gasteiger partial charge < -0.3 is 10.2 Å². The van der Waals surface area contributed by atoms with Crippen molar-refractivity contribution in [3.63, 3.8) is 0 Å². The van der Waals surface area contributed by atoms with Crippen molar-refractivity contribution < 1.29 is 4.79 Å². The van der Waals surface area contributed by atoms with Crippen molar-refractivity contribution in [2.24, 2.45) is 7.05 Å². The third kappa shape index (κ3) is 3.90. The number of aryl methyl sites for hydroxylation is 2. The summed E-state index contributed by atoms with van der Waals surface area (Å²) >= 11 is 1.94. The monoisotopic (exact) mass is 382 g/mol. The molecule has 0 bridgehead atoms. The summed E-state index contributed by atoms with van der Waals surface area (Å²) < 4.78 is 1.72. The molecule has 1 fully saturated rings. The molecule has 140 valence electrons. The predicted octanol–water partition coefficient (Wildman–Crippen LogP) is 2.15. The van der Waals surface area contributed by atoms with E-state index >= 15 is 0 Å². The van der Waals surface area contributed by atoms with Gasteiger partial charge in [0.2, 0.25) is 5.82 Å². The first-order chi connectivity index (χ1) is 13.1. The Morgan fingerprint density at radius 2 is 2.07 bits per heavy atom. The second kappa shape index (κ2) is 7.56. The van der Waals surface area contributed by atoms with E-state index in [9.17, 15) is 4.79 Å². The number of amides is 1. The number of nitrogens with one attached hydrogen (secondary N) is 1. The Kier molecular flexibility index (Phi) is 4.98. The van der Waals surface area contributed by atoms with Crippen LogP contribution in [0.4, 0.5) is 5.82 Å². The van der Waals surface area contributed by atoms with Gasteiger partial charge in [-0.2, -0.15) is 16.9 Å². The van der Waals surface area contributed by atoms with Crippen LogP contribution in [0.1, 0.15) is 21.7 Å². The average molecular weight is 382 g/mol. The molecule has 1 saturated heterocycles. The van der Waals surface area contributed by atoms with Crippen LogP contribution < -0.4 is 10.2 Å². The smallest absolute Gasteiger partial charge is 0.289 e. The summed E-state index contributed by atoms with van der Waals surface area (Å²) in [5, 5.41) is 8.21. The fourth-order valence-electron chi connectivity index (χ4n) is 3.20. The minimum absolute atomic E-state index is 0.169. The van der Waals surface area contributed by atoms with Crippen molar-refractivity contribution in [3.8, 4) is 0 Å². The number of nitrogens with zero attached hydrogens (tertiary/aromatic N) is 5. The van der Waals surface area contributed by atoms with Gasteiger partial charge in [0.05, 0.1) is 5.39 Å². The van der Waals surface area contributed by atoms with Crippen LogP contribution in [0.5, 0.6) is 0 Å². The number of hydrogen-bond donors (Lipinski definition) is 1. The van der Waals surface area contributed by atoms with Gasteiger partial charge in [-0.25, -0.2) is 9.97 Å². The fraction of sp³-hybridized carbons (Fsp3) is 0.368. The van der Waals surface area contributed by atoms with E-state index in [0.29, 0.717) is 12.2 Å². The SMILES string of the molecule is Cc1cccc(CNC(=O)c2nc(N3CCSCC3)c3cn(C)nc3n2)c1. The zero-order valence-corrected chi connectivity index (χ0v) is 16.3. The van der Waals surface area contributed by atoms with Crippen LogP contribution in [0.2, 0.25) is 0 Å².